The van der Waals surface area contributed by atoms with Crippen LogP contribution in [0.2, 0.25) is 0 Å². The van der Waals surface area contributed by atoms with Gasteiger partial charge in [0.2, 0.25) is 0 Å². The zero-order valence-electron chi connectivity index (χ0n) is 7.18. The molecule has 3 nitrogen and oxygen atoms in total. The fourth-order valence-electron chi connectivity index (χ4n) is 1.01. The van der Waals surface area contributed by atoms with Crippen molar-refractivity contribution in [3.63, 3.8) is 0 Å². The van der Waals surface area contributed by atoms with Crippen LogP contribution >= 0.6 is 31.9 Å². The average Bonchev–Trinajstić information content (AvgIpc) is 2.16. The van der Waals surface area contributed by atoms with E-state index < -0.39 is 12.4 Å². The molecule has 0 amide bonds. The van der Waals surface area contributed by atoms with Gasteiger partial charge >= 0.3 is 5.97 Å². The van der Waals surface area contributed by atoms with Crippen molar-refractivity contribution >= 4 is 37.8 Å². The molecule has 0 fully saturated rings. The van der Waals surface area contributed by atoms with Crippen molar-refractivity contribution in [2.24, 2.45) is 0 Å². The minimum absolute atomic E-state index is 0.0877. The van der Waals surface area contributed by atoms with Gasteiger partial charge in [0.15, 0.2) is 5.69 Å². The molecule has 1 N–H and O–H groups in total. The normalized spacial score (nSPS) is 10.7. The van der Waals surface area contributed by atoms with Gasteiger partial charge in [-0.25, -0.2) is 18.6 Å². The molecule has 1 rings (SSSR count). The largest absolute Gasteiger partial charge is 0.476 e. The molecule has 0 bridgehead atoms. The third kappa shape index (κ3) is 2.52. The predicted octanol–water partition coefficient (Wildman–Crippen LogP) is 3.37. The summed E-state index contributed by atoms with van der Waals surface area (Å²) in [4.78, 5) is 14.1. The molecule has 0 unspecified atom stereocenters. The number of hydrogen-bond donors (Lipinski definition) is 1. The van der Waals surface area contributed by atoms with Gasteiger partial charge in [0.05, 0.1) is 4.47 Å². The van der Waals surface area contributed by atoms with Crippen molar-refractivity contribution in [1.29, 1.82) is 0 Å². The van der Waals surface area contributed by atoms with Gasteiger partial charge in [-0.2, -0.15) is 0 Å². The molecule has 15 heavy (non-hydrogen) atoms. The van der Waals surface area contributed by atoms with Crippen LogP contribution in [0.5, 0.6) is 0 Å². The second-order valence-electron chi connectivity index (χ2n) is 2.59. The summed E-state index contributed by atoms with van der Waals surface area (Å²) in [7, 11) is 0. The summed E-state index contributed by atoms with van der Waals surface area (Å²) < 4.78 is 25.1. The van der Waals surface area contributed by atoms with Crippen LogP contribution in [0.25, 0.3) is 0 Å². The van der Waals surface area contributed by atoms with Gasteiger partial charge in [-0.15, -0.1) is 0 Å². The van der Waals surface area contributed by atoms with Gasteiger partial charge in [-0.05, 0) is 21.5 Å². The molecule has 0 saturated heterocycles. The highest BCUT2D eigenvalue weighted by atomic mass is 79.9. The van der Waals surface area contributed by atoms with E-state index in [0.717, 1.165) is 6.20 Å². The molecule has 1 heterocycles. The SMILES string of the molecule is O=C(O)c1ncc(C(F)F)c(CBr)c1Br. The van der Waals surface area contributed by atoms with E-state index in [1.165, 1.54) is 0 Å². The molecule has 0 aromatic carbocycles. The number of nitrogens with zero attached hydrogens (tertiary/aromatic N) is 1. The smallest absolute Gasteiger partial charge is 0.355 e. The highest BCUT2D eigenvalue weighted by Crippen LogP contribution is 2.31. The van der Waals surface area contributed by atoms with E-state index in [-0.39, 0.29) is 26.6 Å². The molecule has 0 aliphatic carbocycles. The highest BCUT2D eigenvalue weighted by Gasteiger charge is 2.20. The maximum atomic E-state index is 12.5. The molecule has 0 atom stereocenters. The van der Waals surface area contributed by atoms with Gasteiger partial charge in [-0.3, -0.25) is 0 Å². The minimum Gasteiger partial charge on any atom is -0.476 e. The van der Waals surface area contributed by atoms with E-state index in [1.807, 2.05) is 0 Å². The van der Waals surface area contributed by atoms with Crippen molar-refractivity contribution in [1.82, 2.24) is 4.98 Å². The maximum Gasteiger partial charge on any atom is 0.355 e. The summed E-state index contributed by atoms with van der Waals surface area (Å²) in [6.45, 7) is 0. The summed E-state index contributed by atoms with van der Waals surface area (Å²) in [5, 5.41) is 8.85. The second kappa shape index (κ2) is 4.98. The van der Waals surface area contributed by atoms with Crippen LogP contribution < -0.4 is 0 Å². The monoisotopic (exact) mass is 343 g/mol. The number of aromatic nitrogens is 1. The van der Waals surface area contributed by atoms with Crippen molar-refractivity contribution in [3.05, 3.63) is 27.5 Å². The van der Waals surface area contributed by atoms with Crippen LogP contribution in [0, 0.1) is 0 Å². The minimum atomic E-state index is -2.68. The van der Waals surface area contributed by atoms with Gasteiger partial charge in [0, 0.05) is 17.1 Å². The molecule has 82 valence electrons. The fourth-order valence-corrected chi connectivity index (χ4v) is 2.63. The summed E-state index contributed by atoms with van der Waals surface area (Å²) in [5.74, 6) is -1.26. The van der Waals surface area contributed by atoms with E-state index in [0.29, 0.717) is 0 Å². The molecule has 0 spiro atoms. The van der Waals surface area contributed by atoms with Crippen LogP contribution in [-0.4, -0.2) is 16.1 Å². The van der Waals surface area contributed by atoms with Gasteiger partial charge < -0.3 is 5.11 Å². The van der Waals surface area contributed by atoms with Crippen molar-refractivity contribution in [2.45, 2.75) is 11.8 Å². The van der Waals surface area contributed by atoms with Crippen molar-refractivity contribution in [2.75, 3.05) is 0 Å². The van der Waals surface area contributed by atoms with Gasteiger partial charge in [0.1, 0.15) is 0 Å². The third-order valence-electron chi connectivity index (χ3n) is 1.73. The zero-order chi connectivity index (χ0) is 11.6. The van der Waals surface area contributed by atoms with Crippen molar-refractivity contribution in [3.8, 4) is 0 Å². The molecule has 0 aliphatic heterocycles. The fraction of sp³-hybridized carbons (Fsp3) is 0.250. The first-order valence-corrected chi connectivity index (χ1v) is 5.65. The predicted molar refractivity (Wildman–Crippen MR) is 56.5 cm³/mol. The Morgan fingerprint density at radius 2 is 2.20 bits per heavy atom. The summed E-state index contributed by atoms with van der Waals surface area (Å²) >= 11 is 5.98. The number of carboxylic acid groups (broad SMARTS) is 1. The summed E-state index contributed by atoms with van der Waals surface area (Å²) in [6.07, 6.45) is -1.79. The number of aromatic carboxylic acids is 1. The van der Waals surface area contributed by atoms with Crippen LogP contribution in [0.15, 0.2) is 10.7 Å². The first kappa shape index (κ1) is 12.5. The topological polar surface area (TPSA) is 50.2 Å². The molecular formula is C8H5Br2F2NO2. The van der Waals surface area contributed by atoms with Gasteiger partial charge in [-0.1, -0.05) is 15.9 Å². The van der Waals surface area contributed by atoms with E-state index in [4.69, 9.17) is 5.11 Å². The Balaban J connectivity index is 3.39. The first-order valence-electron chi connectivity index (χ1n) is 3.73. The zero-order valence-corrected chi connectivity index (χ0v) is 10.3. The lowest BCUT2D eigenvalue weighted by Gasteiger charge is -2.09. The van der Waals surface area contributed by atoms with E-state index in [2.05, 4.69) is 36.8 Å². The Morgan fingerprint density at radius 3 is 2.60 bits per heavy atom. The first-order chi connectivity index (χ1) is 6.99. The van der Waals surface area contributed by atoms with Gasteiger partial charge in [0.25, 0.3) is 6.43 Å². The Morgan fingerprint density at radius 1 is 1.60 bits per heavy atom. The second-order valence-corrected chi connectivity index (χ2v) is 3.95. The number of alkyl halides is 3. The summed E-state index contributed by atoms with van der Waals surface area (Å²) in [5.41, 5.74) is -0.338. The number of rotatable bonds is 3. The molecule has 0 radical (unpaired) electrons. The molecule has 0 saturated carbocycles. The van der Waals surface area contributed by atoms with Crippen molar-refractivity contribution < 1.29 is 18.7 Å². The Hall–Kier alpha value is -0.560. The Bertz CT molecular complexity index is 398. The number of carboxylic acids is 1. The van der Waals surface area contributed by atoms with Crippen LogP contribution in [0.3, 0.4) is 0 Å². The number of hydrogen-bond acceptors (Lipinski definition) is 2. The average molecular weight is 345 g/mol. The number of halogens is 4. The van der Waals surface area contributed by atoms with Crippen LogP contribution in [0.1, 0.15) is 28.0 Å². The highest BCUT2D eigenvalue weighted by molar-refractivity contribution is 9.10. The Labute approximate surface area is 101 Å². The molecule has 7 heteroatoms. The molecule has 1 aromatic heterocycles. The lowest BCUT2D eigenvalue weighted by molar-refractivity contribution is 0.0688. The maximum absolute atomic E-state index is 12.5. The molecule has 0 aliphatic rings. The third-order valence-corrected chi connectivity index (χ3v) is 3.14. The lowest BCUT2D eigenvalue weighted by Crippen LogP contribution is -2.06. The van der Waals surface area contributed by atoms with E-state index in [9.17, 15) is 13.6 Å². The molecule has 1 aromatic rings. The lowest BCUT2D eigenvalue weighted by atomic mass is 10.1. The summed E-state index contributed by atoms with van der Waals surface area (Å²) in [6, 6.07) is 0. The van der Waals surface area contributed by atoms with Crippen LogP contribution in [-0.2, 0) is 5.33 Å². The Kier molecular flexibility index (Phi) is 4.15. The number of carbonyl (C=O) groups is 1. The standard InChI is InChI=1S/C8H5Br2F2NO2/c9-1-3-4(7(11)12)2-13-6(5(3)10)8(14)15/h2,7H,1H2,(H,14,15). The molecular weight excluding hydrogens is 340 g/mol. The number of pyridine rings is 1. The van der Waals surface area contributed by atoms with E-state index >= 15 is 0 Å². The van der Waals surface area contributed by atoms with E-state index in [1.54, 1.807) is 0 Å². The van der Waals surface area contributed by atoms with Crippen LogP contribution in [0.4, 0.5) is 8.78 Å². The quantitative estimate of drug-likeness (QED) is 0.855.